The third-order valence-corrected chi connectivity index (χ3v) is 3.46. The van der Waals surface area contributed by atoms with Gasteiger partial charge in [0.2, 0.25) is 0 Å². The van der Waals surface area contributed by atoms with Gasteiger partial charge in [-0.2, -0.15) is 13.2 Å². The second-order valence-corrected chi connectivity index (χ2v) is 5.41. The zero-order chi connectivity index (χ0) is 14.6. The van der Waals surface area contributed by atoms with Crippen LogP contribution in [0.3, 0.4) is 0 Å². The highest BCUT2D eigenvalue weighted by Gasteiger charge is 2.34. The second kappa shape index (κ2) is 6.42. The fraction of sp³-hybridized carbons (Fsp3) is 0.600. The molecule has 0 saturated heterocycles. The molecule has 2 unspecified atom stereocenters. The quantitative estimate of drug-likeness (QED) is 0.836. The minimum atomic E-state index is -4.28. The SMILES string of the molecule is CC(C)NCC(C)C(C)c1ccccc1C(F)(F)F. The molecule has 0 spiro atoms. The van der Waals surface area contributed by atoms with Crippen molar-refractivity contribution in [2.24, 2.45) is 5.92 Å². The fourth-order valence-electron chi connectivity index (χ4n) is 2.06. The summed E-state index contributed by atoms with van der Waals surface area (Å²) in [5.41, 5.74) is -0.132. The highest BCUT2D eigenvalue weighted by Crippen LogP contribution is 2.37. The van der Waals surface area contributed by atoms with Crippen LogP contribution in [0.25, 0.3) is 0 Å². The average Bonchev–Trinajstić information content (AvgIpc) is 2.34. The van der Waals surface area contributed by atoms with E-state index in [1.807, 2.05) is 27.7 Å². The molecule has 0 aliphatic heterocycles. The maximum atomic E-state index is 13.0. The molecule has 0 aliphatic carbocycles. The molecule has 0 bridgehead atoms. The Bertz CT molecular complexity index is 399. The molecule has 19 heavy (non-hydrogen) atoms. The van der Waals surface area contributed by atoms with Crippen molar-refractivity contribution in [2.75, 3.05) is 6.54 Å². The summed E-state index contributed by atoms with van der Waals surface area (Å²) in [7, 11) is 0. The zero-order valence-corrected chi connectivity index (χ0v) is 11.9. The third-order valence-electron chi connectivity index (χ3n) is 3.46. The van der Waals surface area contributed by atoms with Gasteiger partial charge < -0.3 is 5.32 Å². The molecule has 2 atom stereocenters. The van der Waals surface area contributed by atoms with E-state index in [2.05, 4.69) is 5.32 Å². The summed E-state index contributed by atoms with van der Waals surface area (Å²) in [4.78, 5) is 0. The molecule has 0 aromatic heterocycles. The Morgan fingerprint density at radius 3 is 2.16 bits per heavy atom. The molecule has 1 aromatic rings. The third kappa shape index (κ3) is 4.53. The summed E-state index contributed by atoms with van der Waals surface area (Å²) >= 11 is 0. The van der Waals surface area contributed by atoms with Crippen LogP contribution < -0.4 is 5.32 Å². The Balaban J connectivity index is 2.90. The maximum absolute atomic E-state index is 13.0. The number of halogens is 3. The Labute approximate surface area is 113 Å². The predicted molar refractivity (Wildman–Crippen MR) is 72.2 cm³/mol. The number of hydrogen-bond donors (Lipinski definition) is 1. The van der Waals surface area contributed by atoms with Crippen LogP contribution in [0.15, 0.2) is 24.3 Å². The molecule has 4 heteroatoms. The van der Waals surface area contributed by atoms with E-state index in [1.54, 1.807) is 12.1 Å². The van der Waals surface area contributed by atoms with Crippen LogP contribution in [0.4, 0.5) is 13.2 Å². The summed E-state index contributed by atoms with van der Waals surface area (Å²) in [6.07, 6.45) is -4.28. The molecule has 0 heterocycles. The normalized spacial score (nSPS) is 15.6. The van der Waals surface area contributed by atoms with Crippen molar-refractivity contribution in [3.05, 3.63) is 35.4 Å². The van der Waals surface area contributed by atoms with Gasteiger partial charge in [0.1, 0.15) is 0 Å². The van der Waals surface area contributed by atoms with Gasteiger partial charge in [0.25, 0.3) is 0 Å². The Morgan fingerprint density at radius 1 is 1.05 bits per heavy atom. The van der Waals surface area contributed by atoms with Gasteiger partial charge in [-0.15, -0.1) is 0 Å². The van der Waals surface area contributed by atoms with Gasteiger partial charge in [-0.05, 0) is 30.0 Å². The van der Waals surface area contributed by atoms with Crippen LogP contribution in [0.5, 0.6) is 0 Å². The van der Waals surface area contributed by atoms with Crippen molar-refractivity contribution in [3.8, 4) is 0 Å². The standard InChI is InChI=1S/C15H22F3N/c1-10(2)19-9-11(3)12(4)13-7-5-6-8-14(13)15(16,17)18/h5-8,10-12,19H,9H2,1-4H3. The van der Waals surface area contributed by atoms with E-state index in [9.17, 15) is 13.2 Å². The molecule has 1 nitrogen and oxygen atoms in total. The van der Waals surface area contributed by atoms with Crippen LogP contribution in [0, 0.1) is 5.92 Å². The van der Waals surface area contributed by atoms with E-state index >= 15 is 0 Å². The van der Waals surface area contributed by atoms with E-state index in [0.29, 0.717) is 18.2 Å². The summed E-state index contributed by atoms with van der Waals surface area (Å²) in [5, 5.41) is 3.27. The summed E-state index contributed by atoms with van der Waals surface area (Å²) in [6.45, 7) is 8.61. The second-order valence-electron chi connectivity index (χ2n) is 5.41. The minimum absolute atomic E-state index is 0.135. The molecule has 0 fully saturated rings. The molecular weight excluding hydrogens is 251 g/mol. The van der Waals surface area contributed by atoms with E-state index in [0.717, 1.165) is 6.07 Å². The Morgan fingerprint density at radius 2 is 1.63 bits per heavy atom. The largest absolute Gasteiger partial charge is 0.416 e. The van der Waals surface area contributed by atoms with Gasteiger partial charge in [-0.25, -0.2) is 0 Å². The predicted octanol–water partition coefficient (Wildman–Crippen LogP) is 4.44. The van der Waals surface area contributed by atoms with Gasteiger partial charge in [0, 0.05) is 6.04 Å². The smallest absolute Gasteiger partial charge is 0.314 e. The molecule has 1 N–H and O–H groups in total. The first-order valence-electron chi connectivity index (χ1n) is 6.63. The van der Waals surface area contributed by atoms with Gasteiger partial charge in [-0.3, -0.25) is 0 Å². The number of alkyl halides is 3. The highest BCUT2D eigenvalue weighted by atomic mass is 19.4. The van der Waals surface area contributed by atoms with Gasteiger partial charge in [-0.1, -0.05) is 45.9 Å². The van der Waals surface area contributed by atoms with Crippen LogP contribution >= 0.6 is 0 Å². The first kappa shape index (κ1) is 16.0. The number of benzene rings is 1. The van der Waals surface area contributed by atoms with Crippen molar-refractivity contribution >= 4 is 0 Å². The van der Waals surface area contributed by atoms with Crippen molar-refractivity contribution in [3.63, 3.8) is 0 Å². The van der Waals surface area contributed by atoms with Gasteiger partial charge >= 0.3 is 6.18 Å². The summed E-state index contributed by atoms with van der Waals surface area (Å²) in [6, 6.07) is 6.19. The van der Waals surface area contributed by atoms with Crippen molar-refractivity contribution in [2.45, 2.75) is 45.8 Å². The van der Waals surface area contributed by atoms with Gasteiger partial charge in [0.15, 0.2) is 0 Å². The average molecular weight is 273 g/mol. The first-order valence-corrected chi connectivity index (χ1v) is 6.63. The summed E-state index contributed by atoms with van der Waals surface area (Å²) < 4.78 is 38.9. The lowest BCUT2D eigenvalue weighted by Crippen LogP contribution is -2.30. The molecule has 0 amide bonds. The monoisotopic (exact) mass is 273 g/mol. The van der Waals surface area contributed by atoms with E-state index in [4.69, 9.17) is 0 Å². The molecular formula is C15H22F3N. The maximum Gasteiger partial charge on any atom is 0.416 e. The molecule has 1 aromatic carbocycles. The van der Waals surface area contributed by atoms with Gasteiger partial charge in [0.05, 0.1) is 5.56 Å². The Kier molecular flexibility index (Phi) is 5.41. The van der Waals surface area contributed by atoms with Crippen molar-refractivity contribution in [1.29, 1.82) is 0 Å². The van der Waals surface area contributed by atoms with Crippen molar-refractivity contribution < 1.29 is 13.2 Å². The molecule has 1 rings (SSSR count). The number of nitrogens with one attached hydrogen (secondary N) is 1. The van der Waals surface area contributed by atoms with E-state index < -0.39 is 11.7 Å². The number of hydrogen-bond acceptors (Lipinski definition) is 1. The van der Waals surface area contributed by atoms with Crippen LogP contribution in [0.1, 0.15) is 44.7 Å². The summed E-state index contributed by atoms with van der Waals surface area (Å²) in [5.74, 6) is 0.00924. The van der Waals surface area contributed by atoms with E-state index in [-0.39, 0.29) is 11.8 Å². The van der Waals surface area contributed by atoms with Crippen molar-refractivity contribution in [1.82, 2.24) is 5.32 Å². The Hall–Kier alpha value is -1.03. The molecule has 0 saturated carbocycles. The topological polar surface area (TPSA) is 12.0 Å². The van der Waals surface area contributed by atoms with Crippen LogP contribution in [0.2, 0.25) is 0 Å². The fourth-order valence-corrected chi connectivity index (χ4v) is 2.06. The first-order chi connectivity index (χ1) is 8.73. The van der Waals surface area contributed by atoms with Crippen LogP contribution in [-0.2, 0) is 6.18 Å². The lowest BCUT2D eigenvalue weighted by atomic mass is 9.85. The number of rotatable bonds is 5. The highest BCUT2D eigenvalue weighted by molar-refractivity contribution is 5.32. The zero-order valence-electron chi connectivity index (χ0n) is 11.9. The lowest BCUT2D eigenvalue weighted by Gasteiger charge is -2.25. The molecule has 0 aliphatic rings. The van der Waals surface area contributed by atoms with E-state index in [1.165, 1.54) is 6.07 Å². The molecule has 0 radical (unpaired) electrons. The molecule has 108 valence electrons. The minimum Gasteiger partial charge on any atom is -0.314 e. The lowest BCUT2D eigenvalue weighted by molar-refractivity contribution is -0.138. The van der Waals surface area contributed by atoms with Crippen LogP contribution in [-0.4, -0.2) is 12.6 Å².